The zero-order valence-electron chi connectivity index (χ0n) is 12.3. The van der Waals surface area contributed by atoms with E-state index in [9.17, 15) is 14.9 Å². The molecule has 1 amide bonds. The van der Waals surface area contributed by atoms with E-state index in [1.807, 2.05) is 6.20 Å². The summed E-state index contributed by atoms with van der Waals surface area (Å²) in [6, 6.07) is 5.66. The number of rotatable bonds is 4. The number of piperidine rings is 1. The number of carbonyl (C=O) groups is 1. The van der Waals surface area contributed by atoms with Gasteiger partial charge in [0.25, 0.3) is 11.6 Å². The van der Waals surface area contributed by atoms with Crippen LogP contribution in [0, 0.1) is 10.1 Å². The van der Waals surface area contributed by atoms with Crippen molar-refractivity contribution < 1.29 is 9.72 Å². The quantitative estimate of drug-likeness (QED) is 0.663. The molecule has 2 heterocycles. The topological polar surface area (TPSA) is 97.2 Å². The lowest BCUT2D eigenvalue weighted by molar-refractivity contribution is -0.384. The van der Waals surface area contributed by atoms with Crippen LogP contribution in [0.1, 0.15) is 34.0 Å². The molecule has 1 fully saturated rings. The smallest absolute Gasteiger partial charge is 0.270 e. The summed E-state index contributed by atoms with van der Waals surface area (Å²) in [6.07, 6.45) is 3.95. The standard InChI is InChI=1S/C15H16N4O3S/c20-14(11-2-1-3-12(8-11)19(21)22)18-15-17-9-13(23-15)10-4-6-16-7-5-10/h1-3,8-10,16H,4-7H2,(H,17,18,20). The van der Waals surface area contributed by atoms with Crippen LogP contribution in [-0.2, 0) is 0 Å². The average molecular weight is 332 g/mol. The number of nitrogens with zero attached hydrogens (tertiary/aromatic N) is 2. The van der Waals surface area contributed by atoms with Crippen LogP contribution in [0.5, 0.6) is 0 Å². The molecule has 7 nitrogen and oxygen atoms in total. The summed E-state index contributed by atoms with van der Waals surface area (Å²) in [5, 5.41) is 17.3. The van der Waals surface area contributed by atoms with Crippen LogP contribution >= 0.6 is 11.3 Å². The first-order chi connectivity index (χ1) is 11.1. The van der Waals surface area contributed by atoms with E-state index in [4.69, 9.17) is 0 Å². The number of hydrogen-bond acceptors (Lipinski definition) is 6. The number of non-ortho nitro benzene ring substituents is 1. The van der Waals surface area contributed by atoms with Gasteiger partial charge in [-0.25, -0.2) is 4.98 Å². The minimum Gasteiger partial charge on any atom is -0.317 e. The van der Waals surface area contributed by atoms with Gasteiger partial charge in [-0.05, 0) is 37.9 Å². The van der Waals surface area contributed by atoms with Crippen LogP contribution in [0.15, 0.2) is 30.5 Å². The highest BCUT2D eigenvalue weighted by Gasteiger charge is 2.19. The molecule has 3 rings (SSSR count). The fraction of sp³-hybridized carbons (Fsp3) is 0.333. The lowest BCUT2D eigenvalue weighted by Gasteiger charge is -2.20. The Kier molecular flexibility index (Phi) is 4.63. The third-order valence-electron chi connectivity index (χ3n) is 3.80. The summed E-state index contributed by atoms with van der Waals surface area (Å²) >= 11 is 1.47. The van der Waals surface area contributed by atoms with Gasteiger partial charge >= 0.3 is 0 Å². The fourth-order valence-corrected chi connectivity index (χ4v) is 3.55. The van der Waals surface area contributed by atoms with Crippen LogP contribution in [0.2, 0.25) is 0 Å². The monoisotopic (exact) mass is 332 g/mol. The second-order valence-electron chi connectivity index (χ2n) is 5.35. The van der Waals surface area contributed by atoms with E-state index in [0.29, 0.717) is 11.0 Å². The van der Waals surface area contributed by atoms with Crippen molar-refractivity contribution in [3.63, 3.8) is 0 Å². The highest BCUT2D eigenvalue weighted by molar-refractivity contribution is 7.15. The van der Waals surface area contributed by atoms with E-state index in [0.717, 1.165) is 25.9 Å². The predicted molar refractivity (Wildman–Crippen MR) is 88.0 cm³/mol. The molecule has 8 heteroatoms. The summed E-state index contributed by atoms with van der Waals surface area (Å²) in [6.45, 7) is 2.00. The Morgan fingerprint density at radius 1 is 1.39 bits per heavy atom. The number of thiazole rings is 1. The van der Waals surface area contributed by atoms with Gasteiger partial charge in [0.15, 0.2) is 5.13 Å². The Morgan fingerprint density at radius 3 is 2.91 bits per heavy atom. The maximum Gasteiger partial charge on any atom is 0.270 e. The van der Waals surface area contributed by atoms with Gasteiger partial charge in [0, 0.05) is 28.8 Å². The normalized spacial score (nSPS) is 15.3. The number of nitro groups is 1. The molecule has 1 aliphatic rings. The maximum atomic E-state index is 12.2. The van der Waals surface area contributed by atoms with Gasteiger partial charge in [0.05, 0.1) is 4.92 Å². The first-order valence-corrected chi connectivity index (χ1v) is 8.17. The first-order valence-electron chi connectivity index (χ1n) is 7.36. The molecule has 23 heavy (non-hydrogen) atoms. The molecular weight excluding hydrogens is 316 g/mol. The number of aromatic nitrogens is 1. The first kappa shape index (κ1) is 15.6. The number of hydrogen-bond donors (Lipinski definition) is 2. The number of carbonyl (C=O) groups excluding carboxylic acids is 1. The Bertz CT molecular complexity index is 725. The minimum atomic E-state index is -0.518. The van der Waals surface area contributed by atoms with Gasteiger partial charge in [-0.2, -0.15) is 0 Å². The van der Waals surface area contributed by atoms with Gasteiger partial charge in [0.2, 0.25) is 0 Å². The molecule has 1 aliphatic heterocycles. The van der Waals surface area contributed by atoms with Crippen molar-refractivity contribution in [2.45, 2.75) is 18.8 Å². The highest BCUT2D eigenvalue weighted by atomic mass is 32.1. The second kappa shape index (κ2) is 6.84. The lowest BCUT2D eigenvalue weighted by Crippen LogP contribution is -2.26. The van der Waals surface area contributed by atoms with Crippen molar-refractivity contribution in [2.75, 3.05) is 18.4 Å². The summed E-state index contributed by atoms with van der Waals surface area (Å²) in [4.78, 5) is 27.9. The second-order valence-corrected chi connectivity index (χ2v) is 6.42. The Morgan fingerprint density at radius 2 is 2.17 bits per heavy atom. The molecule has 120 valence electrons. The third kappa shape index (κ3) is 3.72. The summed E-state index contributed by atoms with van der Waals surface area (Å²) in [7, 11) is 0. The van der Waals surface area contributed by atoms with E-state index in [-0.39, 0.29) is 17.2 Å². The number of nitro benzene ring substituents is 1. The lowest BCUT2D eigenvalue weighted by atomic mass is 9.97. The van der Waals surface area contributed by atoms with Gasteiger partial charge in [0.1, 0.15) is 0 Å². The zero-order valence-corrected chi connectivity index (χ0v) is 13.1. The molecule has 1 aromatic carbocycles. The number of amides is 1. The summed E-state index contributed by atoms with van der Waals surface area (Å²) < 4.78 is 0. The Balaban J connectivity index is 1.69. The molecule has 0 radical (unpaired) electrons. The predicted octanol–water partition coefficient (Wildman–Crippen LogP) is 2.77. The highest BCUT2D eigenvalue weighted by Crippen LogP contribution is 2.31. The van der Waals surface area contributed by atoms with Crippen molar-refractivity contribution in [2.24, 2.45) is 0 Å². The molecular formula is C15H16N4O3S. The van der Waals surface area contributed by atoms with Crippen LogP contribution in [0.25, 0.3) is 0 Å². The number of anilines is 1. The third-order valence-corrected chi connectivity index (χ3v) is 4.88. The van der Waals surface area contributed by atoms with E-state index >= 15 is 0 Å². The largest absolute Gasteiger partial charge is 0.317 e. The van der Waals surface area contributed by atoms with Crippen molar-refractivity contribution in [1.29, 1.82) is 0 Å². The molecule has 0 unspecified atom stereocenters. The zero-order chi connectivity index (χ0) is 16.2. The average Bonchev–Trinajstić information content (AvgIpc) is 3.04. The molecule has 0 spiro atoms. The molecule has 1 aromatic heterocycles. The van der Waals surface area contributed by atoms with Crippen LogP contribution in [0.3, 0.4) is 0 Å². The fourth-order valence-electron chi connectivity index (χ4n) is 2.57. The van der Waals surface area contributed by atoms with Crippen molar-refractivity contribution in [1.82, 2.24) is 10.3 Å². The molecule has 0 bridgehead atoms. The van der Waals surface area contributed by atoms with E-state index < -0.39 is 4.92 Å². The van der Waals surface area contributed by atoms with E-state index in [2.05, 4.69) is 15.6 Å². The van der Waals surface area contributed by atoms with Crippen LogP contribution in [0.4, 0.5) is 10.8 Å². The van der Waals surface area contributed by atoms with Crippen molar-refractivity contribution >= 4 is 28.1 Å². The Labute approximate surface area is 136 Å². The van der Waals surface area contributed by atoms with Crippen LogP contribution in [-0.4, -0.2) is 28.9 Å². The number of nitrogens with one attached hydrogen (secondary N) is 2. The Hall–Kier alpha value is -2.32. The van der Waals surface area contributed by atoms with Crippen molar-refractivity contribution in [3.8, 4) is 0 Å². The molecule has 0 atom stereocenters. The number of benzene rings is 1. The van der Waals surface area contributed by atoms with Gasteiger partial charge in [-0.1, -0.05) is 6.07 Å². The summed E-state index contributed by atoms with van der Waals surface area (Å²) in [5.74, 6) is 0.0946. The van der Waals surface area contributed by atoms with Gasteiger partial charge in [-0.15, -0.1) is 11.3 Å². The van der Waals surface area contributed by atoms with Crippen LogP contribution < -0.4 is 10.6 Å². The summed E-state index contributed by atoms with van der Waals surface area (Å²) in [5.41, 5.74) is 0.144. The molecule has 0 saturated carbocycles. The van der Waals surface area contributed by atoms with Crippen molar-refractivity contribution in [3.05, 3.63) is 51.0 Å². The minimum absolute atomic E-state index is 0.104. The maximum absolute atomic E-state index is 12.2. The SMILES string of the molecule is O=C(Nc1ncc(C2CCNCC2)s1)c1cccc([N+](=O)[O-])c1. The molecule has 2 N–H and O–H groups in total. The molecule has 0 aliphatic carbocycles. The van der Waals surface area contributed by atoms with Gasteiger partial charge < -0.3 is 5.32 Å². The van der Waals surface area contributed by atoms with E-state index in [1.165, 1.54) is 34.4 Å². The molecule has 1 saturated heterocycles. The van der Waals surface area contributed by atoms with Gasteiger partial charge in [-0.3, -0.25) is 20.2 Å². The molecule has 2 aromatic rings. The van der Waals surface area contributed by atoms with E-state index in [1.54, 1.807) is 6.07 Å².